The highest BCUT2D eigenvalue weighted by Gasteiger charge is 2.39. The van der Waals surface area contributed by atoms with Crippen LogP contribution >= 0.6 is 0 Å². The van der Waals surface area contributed by atoms with Gasteiger partial charge in [0.05, 0.1) is 0 Å². The maximum Gasteiger partial charge on any atom is 0.314 e. The first kappa shape index (κ1) is 23.8. The molecule has 0 atom stereocenters. The second-order valence-corrected chi connectivity index (χ2v) is 21.1. The molecule has 0 aliphatic carbocycles. The van der Waals surface area contributed by atoms with E-state index >= 15 is 0 Å². The van der Waals surface area contributed by atoms with Crippen molar-refractivity contribution in [3.05, 3.63) is 23.9 Å². The zero-order chi connectivity index (χ0) is 19.7. The van der Waals surface area contributed by atoms with Crippen LogP contribution in [0.15, 0.2) is 23.9 Å². The lowest BCUT2D eigenvalue weighted by Crippen LogP contribution is -2.52. The Balaban J connectivity index is 4.71. The molecule has 0 aromatic rings. The average Bonchev–Trinajstić information content (AvgIpc) is 2.39. The predicted molar refractivity (Wildman–Crippen MR) is 111 cm³/mol. The molecule has 0 aliphatic heterocycles. The second kappa shape index (κ2) is 10.1. The van der Waals surface area contributed by atoms with E-state index < -0.39 is 25.2 Å². The molecule has 0 fully saturated rings. The van der Waals surface area contributed by atoms with Crippen LogP contribution < -0.4 is 0 Å². The highest BCUT2D eigenvalue weighted by Crippen LogP contribution is 2.25. The van der Waals surface area contributed by atoms with Crippen LogP contribution in [0.3, 0.4) is 0 Å². The largest absolute Gasteiger partial charge is 0.437 e. The normalized spacial score (nSPS) is 12.6. The van der Waals surface area contributed by atoms with Gasteiger partial charge in [-0.15, -0.1) is 0 Å². The van der Waals surface area contributed by atoms with Gasteiger partial charge in [-0.05, 0) is 76.6 Å². The van der Waals surface area contributed by atoms with Crippen molar-refractivity contribution in [2.75, 3.05) is 13.6 Å². The highest BCUT2D eigenvalue weighted by molar-refractivity contribution is 6.87. The van der Waals surface area contributed by atoms with E-state index in [1.807, 2.05) is 25.4 Å². The third-order valence-corrected chi connectivity index (χ3v) is 12.6. The van der Waals surface area contributed by atoms with Gasteiger partial charge in [0.2, 0.25) is 0 Å². The first-order valence-electron chi connectivity index (χ1n) is 8.59. The summed E-state index contributed by atoms with van der Waals surface area (Å²) in [6, 6.07) is 4.65. The van der Waals surface area contributed by atoms with E-state index in [9.17, 15) is 0 Å². The van der Waals surface area contributed by atoms with E-state index in [-0.39, 0.29) is 5.57 Å². The fourth-order valence-corrected chi connectivity index (χ4v) is 15.0. The quantitative estimate of drug-likeness (QED) is 0.308. The summed E-state index contributed by atoms with van der Waals surface area (Å²) < 4.78 is 13.0. The lowest BCUT2D eigenvalue weighted by Gasteiger charge is -2.38. The van der Waals surface area contributed by atoms with Crippen molar-refractivity contribution in [1.29, 1.82) is 10.5 Å². The number of hydrogen-bond acceptors (Lipinski definition) is 5. The van der Waals surface area contributed by atoms with Crippen LogP contribution in [0.4, 0.5) is 0 Å². The summed E-state index contributed by atoms with van der Waals surface area (Å²) in [5.74, 6) is 0. The molecule has 0 N–H and O–H groups in total. The molecule has 5 nitrogen and oxygen atoms in total. The number of nitriles is 2. The van der Waals surface area contributed by atoms with E-state index in [1.165, 1.54) is 6.08 Å². The van der Waals surface area contributed by atoms with Crippen LogP contribution in [0.5, 0.6) is 0 Å². The molecule has 0 saturated heterocycles. The minimum atomic E-state index is -2.17. The minimum absolute atomic E-state index is 0.108. The van der Waals surface area contributed by atoms with Gasteiger partial charge in [0.1, 0.15) is 17.7 Å². The zero-order valence-electron chi connectivity index (χ0n) is 17.0. The summed E-state index contributed by atoms with van der Waals surface area (Å²) in [5.41, 5.74) is 0.108. The number of nitrogens with zero attached hydrogens (tertiary/aromatic N) is 3. The van der Waals surface area contributed by atoms with Crippen molar-refractivity contribution in [3.8, 4) is 12.1 Å². The lowest BCUT2D eigenvalue weighted by atomic mass is 10.3. The molecule has 140 valence electrons. The van der Waals surface area contributed by atoms with Crippen molar-refractivity contribution >= 4 is 25.2 Å². The molecule has 0 bridgehead atoms. The Morgan fingerprint density at radius 1 is 0.960 bits per heavy atom. The van der Waals surface area contributed by atoms with E-state index in [0.29, 0.717) is 0 Å². The van der Waals surface area contributed by atoms with Crippen LogP contribution in [-0.2, 0) is 8.23 Å². The van der Waals surface area contributed by atoms with Crippen LogP contribution in [0.2, 0.25) is 51.9 Å². The van der Waals surface area contributed by atoms with Crippen LogP contribution in [-0.4, -0.2) is 43.7 Å². The summed E-state index contributed by atoms with van der Waals surface area (Å²) in [4.78, 5) is 2.06. The van der Waals surface area contributed by atoms with Crippen molar-refractivity contribution in [2.45, 2.75) is 58.3 Å². The van der Waals surface area contributed by atoms with Crippen molar-refractivity contribution < 1.29 is 8.23 Å². The Kier molecular flexibility index (Phi) is 9.62. The van der Waals surface area contributed by atoms with E-state index in [4.69, 9.17) is 18.8 Å². The predicted octanol–water partition coefficient (Wildman–Crippen LogP) is 4.57. The van der Waals surface area contributed by atoms with Gasteiger partial charge < -0.3 is 13.1 Å². The van der Waals surface area contributed by atoms with Gasteiger partial charge in [-0.25, -0.2) is 0 Å². The second-order valence-electron chi connectivity index (χ2n) is 8.29. The molecular weight excluding hydrogens is 362 g/mol. The molecule has 0 spiro atoms. The fraction of sp³-hybridized carbons (Fsp3) is 0.647. The maximum atomic E-state index is 8.70. The van der Waals surface area contributed by atoms with Gasteiger partial charge in [-0.2, -0.15) is 10.5 Å². The highest BCUT2D eigenvalue weighted by atomic mass is 28.5. The van der Waals surface area contributed by atoms with Crippen molar-refractivity contribution in [3.63, 3.8) is 0 Å². The van der Waals surface area contributed by atoms with Gasteiger partial charge >= 0.3 is 8.56 Å². The molecule has 8 heteroatoms. The average molecular weight is 396 g/mol. The van der Waals surface area contributed by atoms with Gasteiger partial charge in [0, 0.05) is 13.6 Å². The number of rotatable bonds is 10. The molecule has 0 aromatic heterocycles. The Morgan fingerprint density at radius 2 is 1.44 bits per heavy atom. The Morgan fingerprint density at radius 3 is 1.84 bits per heavy atom. The first-order chi connectivity index (χ1) is 11.3. The molecule has 0 unspecified atom stereocenters. The Labute approximate surface area is 157 Å². The zero-order valence-corrected chi connectivity index (χ0v) is 20.0. The third kappa shape index (κ3) is 12.8. The van der Waals surface area contributed by atoms with Crippen molar-refractivity contribution in [2.24, 2.45) is 0 Å². The monoisotopic (exact) mass is 395 g/mol. The molecule has 0 saturated carbocycles. The fourth-order valence-electron chi connectivity index (χ4n) is 2.53. The molecule has 0 amide bonds. The molecular formula is C17H33N3O2Si3. The molecule has 0 rings (SSSR count). The summed E-state index contributed by atoms with van der Waals surface area (Å²) in [6.07, 6.45) is 6.13. The number of hydrogen-bond donors (Lipinski definition) is 0. The van der Waals surface area contributed by atoms with E-state index in [2.05, 4.69) is 50.7 Å². The third-order valence-electron chi connectivity index (χ3n) is 3.03. The standard InChI is InChI=1S/C17H33N3O2Si3/c1-20(12-9-11-17(15-18)16-19)13-10-14-25(8,21-23(2,3)4)22-24(5,6)7/h9,11-12H,10,13-14H2,1-8H3/b12-9+. The van der Waals surface area contributed by atoms with Gasteiger partial charge in [0.25, 0.3) is 0 Å². The maximum absolute atomic E-state index is 8.70. The van der Waals surface area contributed by atoms with Gasteiger partial charge in [-0.3, -0.25) is 0 Å². The topological polar surface area (TPSA) is 69.3 Å². The Bertz CT molecular complexity index is 532. The first-order valence-corrected chi connectivity index (χ1v) is 17.9. The molecule has 0 aromatic carbocycles. The molecule has 25 heavy (non-hydrogen) atoms. The van der Waals surface area contributed by atoms with Gasteiger partial charge in [-0.1, -0.05) is 0 Å². The van der Waals surface area contributed by atoms with Crippen LogP contribution in [0, 0.1) is 22.7 Å². The lowest BCUT2D eigenvalue weighted by molar-refractivity contribution is 0.372. The smallest absolute Gasteiger partial charge is 0.314 e. The minimum Gasteiger partial charge on any atom is -0.437 e. The van der Waals surface area contributed by atoms with E-state index in [1.54, 1.807) is 6.08 Å². The molecule has 0 aliphatic rings. The van der Waals surface area contributed by atoms with Crippen LogP contribution in [0.25, 0.3) is 0 Å². The van der Waals surface area contributed by atoms with Crippen molar-refractivity contribution in [1.82, 2.24) is 4.90 Å². The number of allylic oxidation sites excluding steroid dienone is 3. The summed E-state index contributed by atoms with van der Waals surface area (Å²) >= 11 is 0. The summed E-state index contributed by atoms with van der Waals surface area (Å²) in [6.45, 7) is 16.4. The van der Waals surface area contributed by atoms with Crippen LogP contribution in [0.1, 0.15) is 6.42 Å². The molecule has 0 heterocycles. The summed E-state index contributed by atoms with van der Waals surface area (Å²) in [7, 11) is -3.49. The van der Waals surface area contributed by atoms with Gasteiger partial charge in [0.15, 0.2) is 16.6 Å². The summed E-state index contributed by atoms with van der Waals surface area (Å²) in [5, 5.41) is 17.4. The Hall–Kier alpha value is -1.17. The van der Waals surface area contributed by atoms with E-state index in [0.717, 1.165) is 19.0 Å². The SMILES string of the molecule is CN(/C=C/C=C(C#N)C#N)CCC[Si](C)(O[Si](C)(C)C)O[Si](C)(C)C. The molecule has 0 radical (unpaired) electrons.